The molecule has 0 fully saturated rings. The topological polar surface area (TPSA) is 12.9 Å². The summed E-state index contributed by atoms with van der Waals surface area (Å²) >= 11 is 5.33. The molecule has 0 saturated heterocycles. The molecule has 0 aliphatic rings. The first-order valence-electron chi connectivity index (χ1n) is 3.21. The standard InChI is InChI=1S/C6H6ClN/c7-5-6-3-1-2-4-8-6/h1-4H,5H2/i5D2. The summed E-state index contributed by atoms with van der Waals surface area (Å²) < 4.78 is 14.1. The van der Waals surface area contributed by atoms with Crippen molar-refractivity contribution in [2.45, 2.75) is 5.83 Å². The minimum absolute atomic E-state index is 0.247. The minimum atomic E-state index is -1.85. The van der Waals surface area contributed by atoms with Gasteiger partial charge in [-0.15, -0.1) is 11.6 Å². The minimum Gasteiger partial charge on any atom is -0.260 e. The maximum absolute atomic E-state index is 7.04. The normalized spacial score (nSPS) is 14.6. The van der Waals surface area contributed by atoms with Gasteiger partial charge in [0.15, 0.2) is 0 Å². The van der Waals surface area contributed by atoms with Crippen LogP contribution < -0.4 is 0 Å². The van der Waals surface area contributed by atoms with Crippen molar-refractivity contribution in [1.82, 2.24) is 4.98 Å². The molecule has 0 bridgehead atoms. The fourth-order valence-corrected chi connectivity index (χ4v) is 0.530. The summed E-state index contributed by atoms with van der Waals surface area (Å²) in [6.45, 7) is 0. The van der Waals surface area contributed by atoms with Gasteiger partial charge in [-0.2, -0.15) is 0 Å². The lowest BCUT2D eigenvalue weighted by Gasteiger charge is -1.87. The van der Waals surface area contributed by atoms with Gasteiger partial charge in [0, 0.05) is 6.20 Å². The molecule has 8 heavy (non-hydrogen) atoms. The number of alkyl halides is 1. The first kappa shape index (κ1) is 3.46. The van der Waals surface area contributed by atoms with E-state index in [4.69, 9.17) is 14.3 Å². The predicted molar refractivity (Wildman–Crippen MR) is 33.8 cm³/mol. The van der Waals surface area contributed by atoms with Gasteiger partial charge in [-0.3, -0.25) is 4.98 Å². The van der Waals surface area contributed by atoms with Gasteiger partial charge >= 0.3 is 0 Å². The molecule has 0 amide bonds. The Hall–Kier alpha value is -0.560. The molecule has 1 nitrogen and oxygen atoms in total. The van der Waals surface area contributed by atoms with Crippen molar-refractivity contribution in [1.29, 1.82) is 0 Å². The lowest BCUT2D eigenvalue weighted by Crippen LogP contribution is -1.79. The van der Waals surface area contributed by atoms with E-state index in [9.17, 15) is 0 Å². The molecule has 1 aromatic heterocycles. The lowest BCUT2D eigenvalue weighted by atomic mass is 10.4. The van der Waals surface area contributed by atoms with Gasteiger partial charge in [-0.05, 0) is 12.1 Å². The smallest absolute Gasteiger partial charge is 0.0647 e. The molecule has 0 spiro atoms. The van der Waals surface area contributed by atoms with Crippen LogP contribution in [0, 0.1) is 0 Å². The zero-order chi connectivity index (χ0) is 7.61. The van der Waals surface area contributed by atoms with Crippen LogP contribution in [0.4, 0.5) is 0 Å². The number of nitrogens with zero attached hydrogens (tertiary/aromatic N) is 1. The Kier molecular flexibility index (Phi) is 1.16. The van der Waals surface area contributed by atoms with Crippen LogP contribution in [0.25, 0.3) is 0 Å². The molecule has 0 N–H and O–H groups in total. The second kappa shape index (κ2) is 2.68. The largest absolute Gasteiger partial charge is 0.260 e. The van der Waals surface area contributed by atoms with E-state index in [1.165, 1.54) is 6.20 Å². The van der Waals surface area contributed by atoms with Crippen molar-refractivity contribution in [3.63, 3.8) is 0 Å². The molecule has 1 heterocycles. The third-order valence-corrected chi connectivity index (χ3v) is 0.955. The molecule has 0 unspecified atom stereocenters. The summed E-state index contributed by atoms with van der Waals surface area (Å²) in [5.74, 6) is -1.85. The Morgan fingerprint density at radius 2 is 2.62 bits per heavy atom. The molecular formula is C6H6ClN. The molecule has 2 heteroatoms. The fraction of sp³-hybridized carbons (Fsp3) is 0.167. The van der Waals surface area contributed by atoms with Crippen molar-refractivity contribution >= 4 is 11.6 Å². The van der Waals surface area contributed by atoms with Gasteiger partial charge < -0.3 is 0 Å². The van der Waals surface area contributed by atoms with Crippen LogP contribution >= 0.6 is 11.6 Å². The average Bonchev–Trinajstić information content (AvgIpc) is 1.88. The monoisotopic (exact) mass is 129 g/mol. The van der Waals surface area contributed by atoms with Gasteiger partial charge in [0.2, 0.25) is 0 Å². The number of rotatable bonds is 1. The summed E-state index contributed by atoms with van der Waals surface area (Å²) in [5.41, 5.74) is 0.247. The third kappa shape index (κ3) is 1.20. The molecular weight excluding hydrogens is 122 g/mol. The van der Waals surface area contributed by atoms with Gasteiger partial charge in [-0.1, -0.05) is 6.07 Å². The summed E-state index contributed by atoms with van der Waals surface area (Å²) in [6, 6.07) is 4.96. The van der Waals surface area contributed by atoms with Crippen LogP contribution in [-0.2, 0) is 5.83 Å². The maximum Gasteiger partial charge on any atom is 0.0647 e. The molecule has 42 valence electrons. The zero-order valence-corrected chi connectivity index (χ0v) is 4.89. The first-order chi connectivity index (χ1) is 4.61. The second-order valence-corrected chi connectivity index (χ2v) is 1.50. The van der Waals surface area contributed by atoms with Crippen LogP contribution in [-0.4, -0.2) is 4.98 Å². The van der Waals surface area contributed by atoms with Gasteiger partial charge in [0.05, 0.1) is 14.3 Å². The van der Waals surface area contributed by atoms with Crippen molar-refractivity contribution in [3.8, 4) is 0 Å². The van der Waals surface area contributed by atoms with Crippen molar-refractivity contribution in [2.24, 2.45) is 0 Å². The van der Waals surface area contributed by atoms with Crippen LogP contribution in [0.1, 0.15) is 8.44 Å². The van der Waals surface area contributed by atoms with E-state index in [-0.39, 0.29) is 5.69 Å². The Bertz CT molecular complexity index is 207. The Labute approximate surface area is 56.1 Å². The van der Waals surface area contributed by atoms with Crippen molar-refractivity contribution in [2.75, 3.05) is 0 Å². The predicted octanol–water partition coefficient (Wildman–Crippen LogP) is 1.82. The summed E-state index contributed by atoms with van der Waals surface area (Å²) in [6.07, 6.45) is 1.51. The van der Waals surface area contributed by atoms with Gasteiger partial charge in [-0.25, -0.2) is 0 Å². The van der Waals surface area contributed by atoms with E-state index in [0.29, 0.717) is 0 Å². The highest BCUT2D eigenvalue weighted by molar-refractivity contribution is 6.16. The van der Waals surface area contributed by atoms with Crippen molar-refractivity contribution < 1.29 is 2.74 Å². The molecule has 0 saturated carbocycles. The average molecular weight is 130 g/mol. The third-order valence-electron chi connectivity index (χ3n) is 0.762. The number of hydrogen-bond donors (Lipinski definition) is 0. The summed E-state index contributed by atoms with van der Waals surface area (Å²) in [5, 5.41) is 0. The first-order valence-corrected chi connectivity index (χ1v) is 2.59. The molecule has 0 aliphatic carbocycles. The SMILES string of the molecule is [2H]C([2H])(Cl)c1ccccn1. The lowest BCUT2D eigenvalue weighted by molar-refractivity contribution is 1.17. The van der Waals surface area contributed by atoms with E-state index in [2.05, 4.69) is 4.98 Å². The van der Waals surface area contributed by atoms with E-state index in [1.807, 2.05) is 0 Å². The van der Waals surface area contributed by atoms with Gasteiger partial charge in [0.25, 0.3) is 0 Å². The van der Waals surface area contributed by atoms with Crippen molar-refractivity contribution in [3.05, 3.63) is 30.1 Å². The van der Waals surface area contributed by atoms with E-state index >= 15 is 0 Å². The maximum atomic E-state index is 7.04. The van der Waals surface area contributed by atoms with E-state index < -0.39 is 5.83 Å². The zero-order valence-electron chi connectivity index (χ0n) is 6.13. The molecule has 1 rings (SSSR count). The second-order valence-electron chi connectivity index (χ2n) is 1.31. The van der Waals surface area contributed by atoms with E-state index in [1.54, 1.807) is 18.2 Å². The Morgan fingerprint density at radius 3 is 3.00 bits per heavy atom. The molecule has 0 radical (unpaired) electrons. The Balaban J connectivity index is 2.97. The number of hydrogen-bond acceptors (Lipinski definition) is 1. The highest BCUT2D eigenvalue weighted by atomic mass is 35.5. The summed E-state index contributed by atoms with van der Waals surface area (Å²) in [7, 11) is 0. The molecule has 0 aromatic carbocycles. The van der Waals surface area contributed by atoms with E-state index in [0.717, 1.165) is 0 Å². The number of aromatic nitrogens is 1. The number of halogens is 1. The highest BCUT2D eigenvalue weighted by Gasteiger charge is 1.83. The fourth-order valence-electron chi connectivity index (χ4n) is 0.419. The van der Waals surface area contributed by atoms with Crippen LogP contribution in [0.3, 0.4) is 0 Å². The Morgan fingerprint density at radius 1 is 1.75 bits per heavy atom. The van der Waals surface area contributed by atoms with Crippen LogP contribution in [0.15, 0.2) is 24.4 Å². The summed E-state index contributed by atoms with van der Waals surface area (Å²) in [4.78, 5) is 3.74. The van der Waals surface area contributed by atoms with Gasteiger partial charge in [0.1, 0.15) is 0 Å². The molecule has 0 atom stereocenters. The number of pyridine rings is 1. The van der Waals surface area contributed by atoms with Crippen LogP contribution in [0.5, 0.6) is 0 Å². The quantitative estimate of drug-likeness (QED) is 0.527. The molecule has 1 aromatic rings. The molecule has 0 aliphatic heterocycles. The van der Waals surface area contributed by atoms with Crippen LogP contribution in [0.2, 0.25) is 0 Å². The highest BCUT2D eigenvalue weighted by Crippen LogP contribution is 1.95.